The molecule has 17 heteroatoms. The standard InChI is InChI=1S/C37H31Cl4F2N3O8/c1-3-31(47)45-25-7-20(5-23(42)14-25)17-52-35-27(38)9-19(10-28(35)39)11-33(49)54-34(50)16-44-37(51)22-12-29(40)36(30(41)13-22)53-18-21-6-24(43)15-26(8-21)46-32(48)4-2/h5-10,12-15H,3-4,11,16-18H2,1-2H3,(H,44,51)(H,45,47)(H,46,48). The third-order valence-corrected chi connectivity index (χ3v) is 8.30. The largest absolute Gasteiger partial charge is 0.486 e. The summed E-state index contributed by atoms with van der Waals surface area (Å²) in [7, 11) is 0. The van der Waals surface area contributed by atoms with Gasteiger partial charge in [0.25, 0.3) is 5.91 Å². The van der Waals surface area contributed by atoms with Crippen LogP contribution in [-0.2, 0) is 43.5 Å². The van der Waals surface area contributed by atoms with Crippen LogP contribution in [0.3, 0.4) is 0 Å². The highest BCUT2D eigenvalue weighted by atomic mass is 35.5. The van der Waals surface area contributed by atoms with Gasteiger partial charge in [0.2, 0.25) is 11.8 Å². The lowest BCUT2D eigenvalue weighted by Gasteiger charge is -2.13. The Balaban J connectivity index is 1.28. The maximum atomic E-state index is 14.1. The van der Waals surface area contributed by atoms with Crippen molar-refractivity contribution >= 4 is 87.4 Å². The molecule has 4 aromatic rings. The van der Waals surface area contributed by atoms with E-state index in [0.29, 0.717) is 11.1 Å². The van der Waals surface area contributed by atoms with Gasteiger partial charge in [-0.2, -0.15) is 0 Å². The first-order chi connectivity index (χ1) is 25.6. The Kier molecular flexibility index (Phi) is 15.0. The minimum Gasteiger partial charge on any atom is -0.486 e. The van der Waals surface area contributed by atoms with Crippen LogP contribution in [0.5, 0.6) is 11.5 Å². The number of rotatable bonds is 15. The Hall–Kier alpha value is -4.95. The Labute approximate surface area is 328 Å². The minimum atomic E-state index is -1.07. The fraction of sp³-hybridized carbons (Fsp3) is 0.216. The number of hydrogen-bond acceptors (Lipinski definition) is 8. The van der Waals surface area contributed by atoms with Crippen molar-refractivity contribution in [3.8, 4) is 11.5 Å². The molecule has 3 N–H and O–H groups in total. The zero-order valence-electron chi connectivity index (χ0n) is 28.5. The Morgan fingerprint density at radius 3 is 1.48 bits per heavy atom. The molecule has 0 spiro atoms. The molecule has 0 aliphatic heterocycles. The molecule has 0 aromatic heterocycles. The van der Waals surface area contributed by atoms with E-state index in [-0.39, 0.29) is 92.0 Å². The van der Waals surface area contributed by atoms with E-state index in [0.717, 1.165) is 6.07 Å². The number of halogens is 6. The van der Waals surface area contributed by atoms with E-state index in [2.05, 4.69) is 16.0 Å². The van der Waals surface area contributed by atoms with Crippen LogP contribution in [0, 0.1) is 11.6 Å². The summed E-state index contributed by atoms with van der Waals surface area (Å²) in [6.07, 6.45) is 0.00518. The van der Waals surface area contributed by atoms with Crippen molar-refractivity contribution in [3.63, 3.8) is 0 Å². The van der Waals surface area contributed by atoms with E-state index in [1.165, 1.54) is 54.6 Å². The van der Waals surface area contributed by atoms with Crippen molar-refractivity contribution in [1.29, 1.82) is 0 Å². The first-order valence-electron chi connectivity index (χ1n) is 16.1. The van der Waals surface area contributed by atoms with E-state index < -0.39 is 42.4 Å². The molecule has 54 heavy (non-hydrogen) atoms. The van der Waals surface area contributed by atoms with Gasteiger partial charge in [-0.3, -0.25) is 19.2 Å². The fourth-order valence-corrected chi connectivity index (χ4v) is 5.96. The summed E-state index contributed by atoms with van der Waals surface area (Å²) >= 11 is 25.3. The number of carbonyl (C=O) groups is 5. The highest BCUT2D eigenvalue weighted by Gasteiger charge is 2.19. The van der Waals surface area contributed by atoms with E-state index in [9.17, 15) is 32.8 Å². The topological polar surface area (TPSA) is 149 Å². The van der Waals surface area contributed by atoms with Crippen LogP contribution in [-0.4, -0.2) is 36.2 Å². The Morgan fingerprint density at radius 2 is 1.04 bits per heavy atom. The average Bonchev–Trinajstić information content (AvgIpc) is 3.09. The molecule has 0 saturated heterocycles. The van der Waals surface area contributed by atoms with Gasteiger partial charge < -0.3 is 30.2 Å². The third-order valence-electron chi connectivity index (χ3n) is 7.18. The molecular formula is C37H31Cl4F2N3O8. The van der Waals surface area contributed by atoms with Crippen molar-refractivity contribution in [2.24, 2.45) is 0 Å². The second kappa shape index (κ2) is 19.4. The van der Waals surface area contributed by atoms with Gasteiger partial charge in [-0.05, 0) is 77.4 Å². The Bertz CT molecular complexity index is 2050. The number of esters is 2. The summed E-state index contributed by atoms with van der Waals surface area (Å²) in [5, 5.41) is 7.36. The smallest absolute Gasteiger partial charge is 0.333 e. The predicted octanol–water partition coefficient (Wildman–Crippen LogP) is 8.48. The van der Waals surface area contributed by atoms with Gasteiger partial charge in [0, 0.05) is 29.8 Å². The van der Waals surface area contributed by atoms with Gasteiger partial charge in [0.1, 0.15) is 31.4 Å². The molecule has 284 valence electrons. The number of amides is 3. The van der Waals surface area contributed by atoms with Crippen molar-refractivity contribution in [3.05, 3.63) is 115 Å². The molecule has 3 amide bonds. The van der Waals surface area contributed by atoms with Gasteiger partial charge in [-0.15, -0.1) is 0 Å². The molecule has 11 nitrogen and oxygen atoms in total. The van der Waals surface area contributed by atoms with Crippen LogP contribution in [0.2, 0.25) is 20.1 Å². The lowest BCUT2D eigenvalue weighted by molar-refractivity contribution is -0.158. The van der Waals surface area contributed by atoms with Crippen molar-refractivity contribution in [2.45, 2.75) is 46.3 Å². The summed E-state index contributed by atoms with van der Waals surface area (Å²) in [6.45, 7) is 2.31. The zero-order chi connectivity index (χ0) is 39.5. The maximum Gasteiger partial charge on any atom is 0.333 e. The third kappa shape index (κ3) is 12.3. The molecule has 0 heterocycles. The number of nitrogens with one attached hydrogen (secondary N) is 3. The molecule has 4 rings (SSSR count). The minimum absolute atomic E-state index is 0.00219. The molecule has 0 aliphatic rings. The first kappa shape index (κ1) is 41.8. The molecule has 0 saturated carbocycles. The SMILES string of the molecule is CCC(=O)Nc1cc(F)cc(COc2c(Cl)cc(CC(=O)OC(=O)CNC(=O)c3cc(Cl)c(OCc4cc(F)cc(NC(=O)CC)c4)c(Cl)c3)cc2Cl)c1. The molecule has 0 unspecified atom stereocenters. The first-order valence-corrected chi connectivity index (χ1v) is 17.6. The van der Waals surface area contributed by atoms with Gasteiger partial charge in [-0.25, -0.2) is 13.6 Å². The lowest BCUT2D eigenvalue weighted by atomic mass is 10.1. The molecule has 0 bridgehead atoms. The molecule has 0 aliphatic carbocycles. The second-order valence-electron chi connectivity index (χ2n) is 11.4. The Morgan fingerprint density at radius 1 is 0.593 bits per heavy atom. The van der Waals surface area contributed by atoms with E-state index in [1.54, 1.807) is 13.8 Å². The number of carbonyl (C=O) groups excluding carboxylic acids is 5. The highest BCUT2D eigenvalue weighted by molar-refractivity contribution is 6.38. The zero-order valence-corrected chi connectivity index (χ0v) is 31.6. The average molecular weight is 825 g/mol. The van der Waals surface area contributed by atoms with Gasteiger partial charge in [0.15, 0.2) is 11.5 Å². The summed E-state index contributed by atoms with van der Waals surface area (Å²) < 4.78 is 44.3. The van der Waals surface area contributed by atoms with Crippen molar-refractivity contribution < 1.29 is 47.0 Å². The molecule has 0 atom stereocenters. The van der Waals surface area contributed by atoms with Crippen LogP contribution in [0.15, 0.2) is 60.7 Å². The van der Waals surface area contributed by atoms with Crippen LogP contribution in [0.1, 0.15) is 53.7 Å². The maximum absolute atomic E-state index is 14.1. The van der Waals surface area contributed by atoms with E-state index >= 15 is 0 Å². The summed E-state index contributed by atoms with van der Waals surface area (Å²) in [6, 6.07) is 13.0. The summed E-state index contributed by atoms with van der Waals surface area (Å²) in [4.78, 5) is 60.9. The monoisotopic (exact) mass is 823 g/mol. The van der Waals surface area contributed by atoms with Crippen LogP contribution in [0.4, 0.5) is 20.2 Å². The summed E-state index contributed by atoms with van der Waals surface area (Å²) in [5.41, 5.74) is 1.49. The fourth-order valence-electron chi connectivity index (χ4n) is 4.72. The number of ether oxygens (including phenoxy) is 3. The van der Waals surface area contributed by atoms with E-state index in [4.69, 9.17) is 60.6 Å². The van der Waals surface area contributed by atoms with Crippen molar-refractivity contribution in [1.82, 2.24) is 5.32 Å². The van der Waals surface area contributed by atoms with Gasteiger partial charge in [0.05, 0.1) is 26.5 Å². The van der Waals surface area contributed by atoms with Crippen LogP contribution < -0.4 is 25.4 Å². The quantitative estimate of drug-likeness (QED) is 0.0799. The molecule has 4 aromatic carbocycles. The molecular weight excluding hydrogens is 794 g/mol. The predicted molar refractivity (Wildman–Crippen MR) is 199 cm³/mol. The number of hydrogen-bond donors (Lipinski definition) is 3. The number of anilines is 2. The normalized spacial score (nSPS) is 10.7. The number of benzene rings is 4. The molecule has 0 radical (unpaired) electrons. The van der Waals surface area contributed by atoms with Crippen LogP contribution in [0.25, 0.3) is 0 Å². The van der Waals surface area contributed by atoms with Crippen molar-refractivity contribution in [2.75, 3.05) is 17.2 Å². The highest BCUT2D eigenvalue weighted by Crippen LogP contribution is 2.36. The lowest BCUT2D eigenvalue weighted by Crippen LogP contribution is -2.32. The van der Waals surface area contributed by atoms with Gasteiger partial charge in [-0.1, -0.05) is 60.3 Å². The molecule has 0 fully saturated rings. The van der Waals surface area contributed by atoms with E-state index in [1.807, 2.05) is 0 Å². The summed E-state index contributed by atoms with van der Waals surface area (Å²) in [5.74, 6) is -4.54. The van der Waals surface area contributed by atoms with Gasteiger partial charge >= 0.3 is 11.9 Å². The second-order valence-corrected chi connectivity index (χ2v) is 13.1. The van der Waals surface area contributed by atoms with Crippen LogP contribution >= 0.6 is 46.4 Å².